The van der Waals surface area contributed by atoms with Gasteiger partial charge in [-0.1, -0.05) is 6.07 Å². The van der Waals surface area contributed by atoms with E-state index in [0.717, 1.165) is 11.3 Å². The van der Waals surface area contributed by atoms with Crippen molar-refractivity contribution in [1.82, 2.24) is 19.9 Å². The summed E-state index contributed by atoms with van der Waals surface area (Å²) in [6.07, 6.45) is 4.03. The van der Waals surface area contributed by atoms with Crippen molar-refractivity contribution in [2.75, 3.05) is 12.3 Å². The molecule has 2 aromatic heterocycles. The zero-order valence-corrected chi connectivity index (χ0v) is 12.0. The summed E-state index contributed by atoms with van der Waals surface area (Å²) >= 11 is 0. The van der Waals surface area contributed by atoms with Gasteiger partial charge in [-0.05, 0) is 18.6 Å². The first-order chi connectivity index (χ1) is 10.2. The van der Waals surface area contributed by atoms with Gasteiger partial charge in [0.2, 0.25) is 0 Å². The third-order valence-electron chi connectivity index (χ3n) is 2.95. The largest absolute Gasteiger partial charge is 0.384 e. The third kappa shape index (κ3) is 4.82. The molecule has 108 valence electrons. The molecule has 0 atom stereocenters. The number of anilines is 1. The van der Waals surface area contributed by atoms with Gasteiger partial charge in [0, 0.05) is 43.7 Å². The lowest BCUT2D eigenvalue weighted by atomic mass is 10.2. The van der Waals surface area contributed by atoms with Gasteiger partial charge in [-0.3, -0.25) is 9.88 Å². The quantitative estimate of drug-likeness (QED) is 0.866. The number of pyridine rings is 1. The second-order valence-corrected chi connectivity index (χ2v) is 4.83. The van der Waals surface area contributed by atoms with Crippen LogP contribution in [0.15, 0.2) is 30.6 Å². The lowest BCUT2D eigenvalue weighted by Crippen LogP contribution is -2.25. The van der Waals surface area contributed by atoms with E-state index < -0.39 is 0 Å². The molecule has 0 saturated carbocycles. The van der Waals surface area contributed by atoms with E-state index in [4.69, 9.17) is 11.0 Å². The highest BCUT2D eigenvalue weighted by atomic mass is 15.1. The van der Waals surface area contributed by atoms with Crippen LogP contribution in [0.5, 0.6) is 0 Å². The number of hydrogen-bond acceptors (Lipinski definition) is 6. The van der Waals surface area contributed by atoms with Gasteiger partial charge >= 0.3 is 0 Å². The van der Waals surface area contributed by atoms with Crippen molar-refractivity contribution in [3.8, 4) is 6.07 Å². The lowest BCUT2D eigenvalue weighted by molar-refractivity contribution is 0.256. The van der Waals surface area contributed by atoms with Crippen LogP contribution in [0, 0.1) is 18.3 Å². The van der Waals surface area contributed by atoms with Crippen LogP contribution >= 0.6 is 0 Å². The van der Waals surface area contributed by atoms with E-state index >= 15 is 0 Å². The van der Waals surface area contributed by atoms with Crippen molar-refractivity contribution in [1.29, 1.82) is 5.26 Å². The Kier molecular flexibility index (Phi) is 5.18. The molecule has 0 amide bonds. The standard InChI is InChI=1S/C15H18N6/c1-12-8-14(17)20-15(19-12)11-21(7-3-5-16)10-13-4-2-6-18-9-13/h2,4,6,8-9H,3,7,10-11H2,1H3,(H2,17,19,20). The van der Waals surface area contributed by atoms with Crippen LogP contribution in [0.3, 0.4) is 0 Å². The number of nitrogens with two attached hydrogens (primary N) is 1. The van der Waals surface area contributed by atoms with Gasteiger partial charge < -0.3 is 5.73 Å². The summed E-state index contributed by atoms with van der Waals surface area (Å²) in [6.45, 7) is 3.81. The first-order valence-electron chi connectivity index (χ1n) is 6.75. The van der Waals surface area contributed by atoms with Gasteiger partial charge in [0.05, 0.1) is 12.6 Å². The van der Waals surface area contributed by atoms with Crippen LogP contribution in [0.25, 0.3) is 0 Å². The fourth-order valence-electron chi connectivity index (χ4n) is 2.10. The van der Waals surface area contributed by atoms with E-state index in [1.54, 1.807) is 12.3 Å². The molecule has 2 aromatic rings. The monoisotopic (exact) mass is 282 g/mol. The van der Waals surface area contributed by atoms with Gasteiger partial charge in [-0.2, -0.15) is 5.26 Å². The highest BCUT2D eigenvalue weighted by Crippen LogP contribution is 2.09. The van der Waals surface area contributed by atoms with Crippen molar-refractivity contribution >= 4 is 5.82 Å². The molecule has 0 aliphatic rings. The minimum atomic E-state index is 0.460. The van der Waals surface area contributed by atoms with Crippen molar-refractivity contribution in [2.45, 2.75) is 26.4 Å². The second-order valence-electron chi connectivity index (χ2n) is 4.83. The molecule has 0 spiro atoms. The highest BCUT2D eigenvalue weighted by Gasteiger charge is 2.10. The van der Waals surface area contributed by atoms with Gasteiger partial charge in [-0.15, -0.1) is 0 Å². The lowest BCUT2D eigenvalue weighted by Gasteiger charge is -2.20. The molecule has 6 heteroatoms. The summed E-state index contributed by atoms with van der Waals surface area (Å²) in [7, 11) is 0. The van der Waals surface area contributed by atoms with Gasteiger partial charge in [-0.25, -0.2) is 9.97 Å². The van der Waals surface area contributed by atoms with Gasteiger partial charge in [0.15, 0.2) is 0 Å². The summed E-state index contributed by atoms with van der Waals surface area (Å²) in [6, 6.07) is 7.82. The maximum absolute atomic E-state index is 8.80. The van der Waals surface area contributed by atoms with Crippen LogP contribution in [-0.4, -0.2) is 26.4 Å². The zero-order chi connectivity index (χ0) is 15.1. The van der Waals surface area contributed by atoms with Gasteiger partial charge in [0.25, 0.3) is 0 Å². The number of nitrogen functional groups attached to an aromatic ring is 1. The van der Waals surface area contributed by atoms with Gasteiger partial charge in [0.1, 0.15) is 11.6 Å². The Labute approximate surface area is 124 Å². The molecule has 0 radical (unpaired) electrons. The molecule has 0 fully saturated rings. The maximum atomic E-state index is 8.80. The number of hydrogen-bond donors (Lipinski definition) is 1. The number of aromatic nitrogens is 3. The Morgan fingerprint density at radius 2 is 2.19 bits per heavy atom. The highest BCUT2D eigenvalue weighted by molar-refractivity contribution is 5.29. The predicted molar refractivity (Wildman–Crippen MR) is 79.8 cm³/mol. The molecule has 0 saturated heterocycles. The average molecular weight is 282 g/mol. The summed E-state index contributed by atoms with van der Waals surface area (Å²) in [5, 5.41) is 8.80. The Morgan fingerprint density at radius 1 is 1.33 bits per heavy atom. The molecule has 0 unspecified atom stereocenters. The van der Waals surface area contributed by atoms with Crippen molar-refractivity contribution in [2.24, 2.45) is 0 Å². The first-order valence-corrected chi connectivity index (χ1v) is 6.75. The van der Waals surface area contributed by atoms with Crippen molar-refractivity contribution in [3.63, 3.8) is 0 Å². The van der Waals surface area contributed by atoms with E-state index in [-0.39, 0.29) is 0 Å². The molecule has 0 aliphatic heterocycles. The van der Waals surface area contributed by atoms with Crippen LogP contribution in [0.4, 0.5) is 5.82 Å². The van der Waals surface area contributed by atoms with E-state index in [9.17, 15) is 0 Å². The molecular formula is C15H18N6. The Hall–Kier alpha value is -2.52. The number of rotatable bonds is 6. The molecule has 6 nitrogen and oxygen atoms in total. The molecule has 2 N–H and O–H groups in total. The summed E-state index contributed by atoms with van der Waals surface area (Å²) in [5.41, 5.74) is 7.70. The molecule has 2 rings (SSSR count). The Bertz CT molecular complexity index is 600. The fourth-order valence-corrected chi connectivity index (χ4v) is 2.10. The molecule has 0 aliphatic carbocycles. The average Bonchev–Trinajstić information content (AvgIpc) is 2.45. The molecule has 2 heterocycles. The number of nitriles is 1. The second kappa shape index (κ2) is 7.31. The third-order valence-corrected chi connectivity index (χ3v) is 2.95. The van der Waals surface area contributed by atoms with Crippen molar-refractivity contribution < 1.29 is 0 Å². The van der Waals surface area contributed by atoms with Crippen LogP contribution in [0.2, 0.25) is 0 Å². The van der Waals surface area contributed by atoms with Crippen molar-refractivity contribution in [3.05, 3.63) is 47.7 Å². The van der Waals surface area contributed by atoms with E-state index in [1.165, 1.54) is 0 Å². The van der Waals surface area contributed by atoms with E-state index in [1.807, 2.05) is 25.3 Å². The summed E-state index contributed by atoms with van der Waals surface area (Å²) in [5.74, 6) is 1.15. The minimum absolute atomic E-state index is 0.460. The normalized spacial score (nSPS) is 10.5. The number of aryl methyl sites for hydroxylation is 1. The molecule has 0 bridgehead atoms. The van der Waals surface area contributed by atoms with E-state index in [0.29, 0.717) is 37.7 Å². The predicted octanol–water partition coefficient (Wildman–Crippen LogP) is 1.68. The number of nitrogens with zero attached hydrogens (tertiary/aromatic N) is 5. The summed E-state index contributed by atoms with van der Waals surface area (Å²) < 4.78 is 0. The molecular weight excluding hydrogens is 264 g/mol. The minimum Gasteiger partial charge on any atom is -0.384 e. The Balaban J connectivity index is 2.10. The van der Waals surface area contributed by atoms with E-state index in [2.05, 4.69) is 25.9 Å². The topological polar surface area (TPSA) is 91.7 Å². The smallest absolute Gasteiger partial charge is 0.144 e. The molecule has 0 aromatic carbocycles. The summed E-state index contributed by atoms with van der Waals surface area (Å²) in [4.78, 5) is 14.9. The maximum Gasteiger partial charge on any atom is 0.144 e. The fraction of sp³-hybridized carbons (Fsp3) is 0.333. The van der Waals surface area contributed by atoms with Crippen LogP contribution in [-0.2, 0) is 13.1 Å². The Morgan fingerprint density at radius 3 is 2.86 bits per heavy atom. The first kappa shape index (κ1) is 14.9. The van der Waals surface area contributed by atoms with Crippen LogP contribution < -0.4 is 5.73 Å². The van der Waals surface area contributed by atoms with Crippen LogP contribution in [0.1, 0.15) is 23.5 Å². The zero-order valence-electron chi connectivity index (χ0n) is 12.0. The molecule has 21 heavy (non-hydrogen) atoms. The SMILES string of the molecule is Cc1cc(N)nc(CN(CCC#N)Cc2cccnc2)n1.